The quantitative estimate of drug-likeness (QED) is 0.296. The van der Waals surface area contributed by atoms with E-state index in [2.05, 4.69) is 10.1 Å². The minimum Gasteiger partial charge on any atom is -0.410 e. The molecule has 0 bridgehead atoms. The lowest BCUT2D eigenvalue weighted by Gasteiger charge is -2.13. The third-order valence-electron chi connectivity index (χ3n) is 4.55. The number of halogens is 3. The van der Waals surface area contributed by atoms with Gasteiger partial charge in [0.2, 0.25) is 0 Å². The first kappa shape index (κ1) is 18.5. The molecule has 2 heterocycles. The molecular weight excluding hydrogens is 381 g/mol. The van der Waals surface area contributed by atoms with Crippen LogP contribution in [0.25, 0.3) is 16.9 Å². The molecule has 0 radical (unpaired) electrons. The van der Waals surface area contributed by atoms with Crippen molar-refractivity contribution in [1.29, 1.82) is 0 Å². The number of nitrogens with zero attached hydrogens (tertiary/aromatic N) is 3. The lowest BCUT2D eigenvalue weighted by molar-refractivity contribution is -0.137. The summed E-state index contributed by atoms with van der Waals surface area (Å²) in [6, 6.07) is 17.4. The summed E-state index contributed by atoms with van der Waals surface area (Å²) in [5.41, 5.74) is 7.03. The number of pyridine rings is 1. The van der Waals surface area contributed by atoms with Crippen LogP contribution in [0.2, 0.25) is 0 Å². The molecule has 0 aliphatic carbocycles. The Morgan fingerprint density at radius 3 is 2.31 bits per heavy atom. The van der Waals surface area contributed by atoms with Crippen LogP contribution in [0.1, 0.15) is 16.7 Å². The van der Waals surface area contributed by atoms with Crippen LogP contribution in [-0.4, -0.2) is 20.3 Å². The molecule has 0 spiro atoms. The van der Waals surface area contributed by atoms with Gasteiger partial charge in [0.1, 0.15) is 11.4 Å². The second kappa shape index (κ2) is 6.97. The number of anilines is 1. The number of rotatable bonds is 3. The van der Waals surface area contributed by atoms with Crippen molar-refractivity contribution in [2.24, 2.45) is 5.16 Å². The van der Waals surface area contributed by atoms with Crippen LogP contribution in [0.5, 0.6) is 0 Å². The largest absolute Gasteiger partial charge is 0.417 e. The Labute approximate surface area is 163 Å². The van der Waals surface area contributed by atoms with Crippen LogP contribution in [0.15, 0.2) is 78.1 Å². The summed E-state index contributed by atoms with van der Waals surface area (Å²) in [6.07, 6.45) is -2.99. The Balaban J connectivity index is 1.95. The first-order valence-electron chi connectivity index (χ1n) is 8.62. The van der Waals surface area contributed by atoms with Gasteiger partial charge in [-0.1, -0.05) is 53.7 Å². The Kier molecular flexibility index (Phi) is 4.46. The molecule has 0 atom stereocenters. The zero-order valence-corrected chi connectivity index (χ0v) is 14.9. The van der Waals surface area contributed by atoms with Gasteiger partial charge in [-0.25, -0.2) is 4.98 Å². The van der Waals surface area contributed by atoms with E-state index in [4.69, 9.17) is 5.73 Å². The standard InChI is InChI=1S/C21H15F3N4O/c22-21(23,24)16-9-5-4-8-15(16)19-20(25)26-17-11-10-14(12-28(17)19)18(27-29)13-6-2-1-3-7-13/h1-12,29H,25H2. The molecule has 8 heteroatoms. The number of fused-ring (bicyclic) bond motifs is 1. The number of aromatic nitrogens is 2. The molecule has 2 aromatic heterocycles. The van der Waals surface area contributed by atoms with Gasteiger partial charge in [0.25, 0.3) is 0 Å². The van der Waals surface area contributed by atoms with E-state index in [1.54, 1.807) is 42.6 Å². The maximum atomic E-state index is 13.5. The van der Waals surface area contributed by atoms with E-state index >= 15 is 0 Å². The van der Waals surface area contributed by atoms with E-state index in [9.17, 15) is 18.4 Å². The monoisotopic (exact) mass is 396 g/mol. The van der Waals surface area contributed by atoms with Crippen LogP contribution in [0.3, 0.4) is 0 Å². The first-order chi connectivity index (χ1) is 13.9. The molecule has 4 aromatic rings. The molecule has 0 saturated heterocycles. The summed E-state index contributed by atoms with van der Waals surface area (Å²) < 4.78 is 42.1. The van der Waals surface area contributed by atoms with Gasteiger partial charge in [-0.05, 0) is 18.2 Å². The zero-order valence-electron chi connectivity index (χ0n) is 14.9. The fourth-order valence-corrected chi connectivity index (χ4v) is 3.29. The average Bonchev–Trinajstić information content (AvgIpc) is 3.04. The molecule has 3 N–H and O–H groups in total. The van der Waals surface area contributed by atoms with E-state index in [-0.39, 0.29) is 22.8 Å². The van der Waals surface area contributed by atoms with Crippen molar-refractivity contribution in [3.05, 3.63) is 89.6 Å². The molecular formula is C21H15F3N4O. The van der Waals surface area contributed by atoms with Crippen LogP contribution >= 0.6 is 0 Å². The maximum absolute atomic E-state index is 13.5. The summed E-state index contributed by atoms with van der Waals surface area (Å²) in [5, 5.41) is 12.9. The Bertz CT molecular complexity index is 1210. The predicted molar refractivity (Wildman–Crippen MR) is 104 cm³/mol. The van der Waals surface area contributed by atoms with Crippen molar-refractivity contribution >= 4 is 17.2 Å². The number of alkyl halides is 3. The summed E-state index contributed by atoms with van der Waals surface area (Å²) >= 11 is 0. The summed E-state index contributed by atoms with van der Waals surface area (Å²) in [7, 11) is 0. The lowest BCUT2D eigenvalue weighted by atomic mass is 10.0. The van der Waals surface area contributed by atoms with Crippen molar-refractivity contribution in [2.45, 2.75) is 6.18 Å². The molecule has 0 aliphatic heterocycles. The molecule has 0 aliphatic rings. The highest BCUT2D eigenvalue weighted by atomic mass is 19.4. The third-order valence-corrected chi connectivity index (χ3v) is 4.55. The normalized spacial score (nSPS) is 12.4. The van der Waals surface area contributed by atoms with Gasteiger partial charge >= 0.3 is 6.18 Å². The maximum Gasteiger partial charge on any atom is 0.417 e. The molecule has 4 rings (SSSR count). The predicted octanol–water partition coefficient (Wildman–Crippen LogP) is 4.83. The molecule has 29 heavy (non-hydrogen) atoms. The summed E-state index contributed by atoms with van der Waals surface area (Å²) in [6.45, 7) is 0. The van der Waals surface area contributed by atoms with Crippen LogP contribution in [-0.2, 0) is 6.18 Å². The van der Waals surface area contributed by atoms with Crippen molar-refractivity contribution in [2.75, 3.05) is 5.73 Å². The fourth-order valence-electron chi connectivity index (χ4n) is 3.29. The number of oxime groups is 1. The second-order valence-corrected chi connectivity index (χ2v) is 6.35. The smallest absolute Gasteiger partial charge is 0.410 e. The van der Waals surface area contributed by atoms with Gasteiger partial charge in [0, 0.05) is 22.9 Å². The number of nitrogens with two attached hydrogens (primary N) is 1. The third kappa shape index (κ3) is 3.29. The number of imidazole rings is 1. The number of nitrogen functional groups attached to an aromatic ring is 1. The summed E-state index contributed by atoms with van der Waals surface area (Å²) in [4.78, 5) is 4.18. The number of benzene rings is 2. The summed E-state index contributed by atoms with van der Waals surface area (Å²) in [5.74, 6) is -0.0268. The highest BCUT2D eigenvalue weighted by molar-refractivity contribution is 6.12. The van der Waals surface area contributed by atoms with Crippen LogP contribution in [0.4, 0.5) is 19.0 Å². The number of hydrogen-bond donors (Lipinski definition) is 2. The van der Waals surface area contributed by atoms with Crippen LogP contribution in [0, 0.1) is 0 Å². The average molecular weight is 396 g/mol. The second-order valence-electron chi connectivity index (χ2n) is 6.35. The van der Waals surface area contributed by atoms with Gasteiger partial charge in [-0.3, -0.25) is 4.40 Å². The highest BCUT2D eigenvalue weighted by Crippen LogP contribution is 2.39. The Morgan fingerprint density at radius 2 is 1.62 bits per heavy atom. The molecule has 0 unspecified atom stereocenters. The molecule has 0 amide bonds. The van der Waals surface area contributed by atoms with E-state index in [0.717, 1.165) is 6.07 Å². The van der Waals surface area contributed by atoms with E-state index < -0.39 is 11.7 Å². The molecule has 146 valence electrons. The topological polar surface area (TPSA) is 75.9 Å². The van der Waals surface area contributed by atoms with E-state index in [0.29, 0.717) is 16.8 Å². The minimum absolute atomic E-state index is 0.0268. The minimum atomic E-state index is -4.55. The SMILES string of the molecule is Nc1nc2ccc(C(=NO)c3ccccc3)cn2c1-c1ccccc1C(F)(F)F. The fraction of sp³-hybridized carbons (Fsp3) is 0.0476. The Hall–Kier alpha value is -3.81. The van der Waals surface area contributed by atoms with Gasteiger partial charge in [0.05, 0.1) is 11.3 Å². The van der Waals surface area contributed by atoms with Crippen molar-refractivity contribution in [1.82, 2.24) is 9.38 Å². The molecule has 0 saturated carbocycles. The van der Waals surface area contributed by atoms with E-state index in [1.807, 2.05) is 6.07 Å². The number of hydrogen-bond acceptors (Lipinski definition) is 4. The molecule has 0 fully saturated rings. The first-order valence-corrected chi connectivity index (χ1v) is 8.62. The van der Waals surface area contributed by atoms with Crippen LogP contribution < -0.4 is 5.73 Å². The lowest BCUT2D eigenvalue weighted by Crippen LogP contribution is -2.09. The van der Waals surface area contributed by atoms with Crippen molar-refractivity contribution < 1.29 is 18.4 Å². The Morgan fingerprint density at radius 1 is 0.931 bits per heavy atom. The molecule has 2 aromatic carbocycles. The molecule has 5 nitrogen and oxygen atoms in total. The van der Waals surface area contributed by atoms with Gasteiger partial charge in [0.15, 0.2) is 5.82 Å². The zero-order chi connectivity index (χ0) is 20.6. The highest BCUT2D eigenvalue weighted by Gasteiger charge is 2.34. The van der Waals surface area contributed by atoms with Crippen molar-refractivity contribution in [3.8, 4) is 11.3 Å². The van der Waals surface area contributed by atoms with Crippen molar-refractivity contribution in [3.63, 3.8) is 0 Å². The van der Waals surface area contributed by atoms with E-state index in [1.165, 1.54) is 22.6 Å². The van der Waals surface area contributed by atoms with Gasteiger partial charge < -0.3 is 10.9 Å². The van der Waals surface area contributed by atoms with Gasteiger partial charge in [-0.2, -0.15) is 13.2 Å². The van der Waals surface area contributed by atoms with Gasteiger partial charge in [-0.15, -0.1) is 0 Å².